The van der Waals surface area contributed by atoms with Gasteiger partial charge in [0.25, 0.3) is 5.91 Å². The Morgan fingerprint density at radius 1 is 1.24 bits per heavy atom. The summed E-state index contributed by atoms with van der Waals surface area (Å²) in [6.45, 7) is 5.17. The number of aromatic carboxylic acids is 1. The molecule has 7 nitrogen and oxygen atoms in total. The van der Waals surface area contributed by atoms with Crippen molar-refractivity contribution in [2.45, 2.75) is 6.92 Å². The highest BCUT2D eigenvalue weighted by Crippen LogP contribution is 2.28. The lowest BCUT2D eigenvalue weighted by atomic mass is 10.1. The number of hydrogen-bond acceptors (Lipinski definition) is 4. The van der Waals surface area contributed by atoms with Crippen molar-refractivity contribution in [3.63, 3.8) is 0 Å². The van der Waals surface area contributed by atoms with Crippen molar-refractivity contribution in [2.24, 2.45) is 0 Å². The van der Waals surface area contributed by atoms with E-state index >= 15 is 0 Å². The molecule has 9 heteroatoms. The number of ether oxygens (including phenoxy) is 1. The second-order valence-electron chi connectivity index (χ2n) is 6.04. The SMILES string of the molecule is C=C(NC(=O)c1cc(Oc2cccc(F)c2)c(F)cc1C)n1cc(C(=O)O)cn1. The second kappa shape index (κ2) is 7.93. The van der Waals surface area contributed by atoms with Crippen LogP contribution in [0.25, 0.3) is 5.82 Å². The fourth-order valence-electron chi connectivity index (χ4n) is 2.47. The maximum Gasteiger partial charge on any atom is 0.338 e. The number of nitrogens with zero attached hydrogens (tertiary/aromatic N) is 2. The maximum atomic E-state index is 14.2. The summed E-state index contributed by atoms with van der Waals surface area (Å²) in [7, 11) is 0. The number of nitrogens with one attached hydrogen (secondary N) is 1. The standard InChI is InChI=1S/C20H15F2N3O4/c1-11-6-17(22)18(29-15-5-3-4-14(21)7-15)8-16(11)19(26)24-12(2)25-10-13(9-23-25)20(27)28/h3-10H,2H2,1H3,(H,24,26)(H,27,28). The number of benzene rings is 2. The van der Waals surface area contributed by atoms with E-state index in [-0.39, 0.29) is 28.4 Å². The Balaban J connectivity index is 1.82. The van der Waals surface area contributed by atoms with Gasteiger partial charge >= 0.3 is 5.97 Å². The number of hydrogen-bond donors (Lipinski definition) is 2. The smallest absolute Gasteiger partial charge is 0.338 e. The molecule has 3 rings (SSSR count). The summed E-state index contributed by atoms with van der Waals surface area (Å²) in [5.41, 5.74) is 0.333. The minimum absolute atomic E-state index is 0.00109. The molecule has 0 radical (unpaired) electrons. The molecule has 0 aliphatic heterocycles. The molecule has 148 valence electrons. The number of rotatable bonds is 6. The van der Waals surface area contributed by atoms with Gasteiger partial charge < -0.3 is 15.2 Å². The lowest BCUT2D eigenvalue weighted by molar-refractivity contribution is 0.0696. The number of aryl methyl sites for hydroxylation is 1. The van der Waals surface area contributed by atoms with Crippen LogP contribution in [0.15, 0.2) is 55.4 Å². The number of carboxylic acid groups (broad SMARTS) is 1. The van der Waals surface area contributed by atoms with Gasteiger partial charge in [0.2, 0.25) is 0 Å². The van der Waals surface area contributed by atoms with Crippen molar-refractivity contribution in [2.75, 3.05) is 0 Å². The van der Waals surface area contributed by atoms with Crippen LogP contribution in [0.2, 0.25) is 0 Å². The van der Waals surface area contributed by atoms with Crippen molar-refractivity contribution in [3.05, 3.63) is 83.7 Å². The van der Waals surface area contributed by atoms with E-state index in [2.05, 4.69) is 17.0 Å². The van der Waals surface area contributed by atoms with Gasteiger partial charge in [-0.05, 0) is 36.8 Å². The van der Waals surface area contributed by atoms with Crippen molar-refractivity contribution < 1.29 is 28.2 Å². The van der Waals surface area contributed by atoms with Crippen LogP contribution in [0.1, 0.15) is 26.3 Å². The molecule has 0 fully saturated rings. The zero-order chi connectivity index (χ0) is 21.1. The highest BCUT2D eigenvalue weighted by atomic mass is 19.1. The van der Waals surface area contributed by atoms with Gasteiger partial charge in [-0.1, -0.05) is 12.6 Å². The summed E-state index contributed by atoms with van der Waals surface area (Å²) in [5, 5.41) is 15.2. The number of carbonyl (C=O) groups excluding carboxylic acids is 1. The Labute approximate surface area is 163 Å². The zero-order valence-corrected chi connectivity index (χ0v) is 15.1. The van der Waals surface area contributed by atoms with E-state index < -0.39 is 23.5 Å². The Hall–Kier alpha value is -4.01. The molecule has 2 aromatic carbocycles. The molecule has 1 aromatic heterocycles. The predicted octanol–water partition coefficient (Wildman–Crippen LogP) is 3.82. The zero-order valence-electron chi connectivity index (χ0n) is 15.1. The third kappa shape index (κ3) is 4.46. The summed E-state index contributed by atoms with van der Waals surface area (Å²) in [5.74, 6) is -3.28. The van der Waals surface area contributed by atoms with Crippen LogP contribution in [0, 0.1) is 18.6 Å². The summed E-state index contributed by atoms with van der Waals surface area (Å²) >= 11 is 0. The third-order valence-electron chi connectivity index (χ3n) is 3.91. The van der Waals surface area contributed by atoms with Crippen LogP contribution < -0.4 is 10.1 Å². The molecular formula is C20H15F2N3O4. The van der Waals surface area contributed by atoms with Crippen molar-refractivity contribution in [1.82, 2.24) is 15.1 Å². The first-order valence-electron chi connectivity index (χ1n) is 8.27. The van der Waals surface area contributed by atoms with Crippen LogP contribution in [-0.2, 0) is 0 Å². The first-order valence-corrected chi connectivity index (χ1v) is 8.27. The summed E-state index contributed by atoms with van der Waals surface area (Å²) in [4.78, 5) is 23.5. The van der Waals surface area contributed by atoms with Crippen LogP contribution in [-0.4, -0.2) is 26.8 Å². The Morgan fingerprint density at radius 3 is 2.66 bits per heavy atom. The predicted molar refractivity (Wildman–Crippen MR) is 99.6 cm³/mol. The van der Waals surface area contributed by atoms with Gasteiger partial charge in [0, 0.05) is 17.8 Å². The van der Waals surface area contributed by atoms with Gasteiger partial charge in [-0.2, -0.15) is 5.10 Å². The lowest BCUT2D eigenvalue weighted by Crippen LogP contribution is -2.25. The summed E-state index contributed by atoms with van der Waals surface area (Å²) in [6, 6.07) is 7.45. The average Bonchev–Trinajstić information content (AvgIpc) is 3.14. The van der Waals surface area contributed by atoms with Gasteiger partial charge in [-0.15, -0.1) is 0 Å². The minimum Gasteiger partial charge on any atom is -0.478 e. The largest absolute Gasteiger partial charge is 0.478 e. The molecular weight excluding hydrogens is 384 g/mol. The topological polar surface area (TPSA) is 93.5 Å². The molecule has 0 atom stereocenters. The molecule has 29 heavy (non-hydrogen) atoms. The first-order chi connectivity index (χ1) is 13.7. The minimum atomic E-state index is -1.18. The second-order valence-corrected chi connectivity index (χ2v) is 6.04. The van der Waals surface area contributed by atoms with E-state index in [9.17, 15) is 18.4 Å². The molecule has 1 heterocycles. The normalized spacial score (nSPS) is 10.4. The van der Waals surface area contributed by atoms with Crippen molar-refractivity contribution >= 4 is 17.7 Å². The monoisotopic (exact) mass is 399 g/mol. The molecule has 0 bridgehead atoms. The van der Waals surface area contributed by atoms with Gasteiger partial charge in [0.05, 0.1) is 11.8 Å². The van der Waals surface area contributed by atoms with E-state index in [4.69, 9.17) is 9.84 Å². The maximum absolute atomic E-state index is 14.2. The number of carboxylic acids is 1. The molecule has 0 aliphatic carbocycles. The van der Waals surface area contributed by atoms with E-state index in [1.165, 1.54) is 37.4 Å². The summed E-state index contributed by atoms with van der Waals surface area (Å²) < 4.78 is 34.0. The Morgan fingerprint density at radius 2 is 2.00 bits per heavy atom. The van der Waals surface area contributed by atoms with Gasteiger partial charge in [-0.3, -0.25) is 4.79 Å². The molecule has 0 spiro atoms. The van der Waals surface area contributed by atoms with E-state index in [1.54, 1.807) is 0 Å². The van der Waals surface area contributed by atoms with Crippen molar-refractivity contribution in [3.8, 4) is 11.5 Å². The molecule has 3 aromatic rings. The quantitative estimate of drug-likeness (QED) is 0.657. The third-order valence-corrected chi connectivity index (χ3v) is 3.91. The highest BCUT2D eigenvalue weighted by Gasteiger charge is 2.17. The van der Waals surface area contributed by atoms with E-state index in [0.717, 1.165) is 23.0 Å². The Bertz CT molecular complexity index is 1120. The summed E-state index contributed by atoms with van der Waals surface area (Å²) in [6.07, 6.45) is 2.29. The van der Waals surface area contributed by atoms with Gasteiger partial charge in [0.1, 0.15) is 17.4 Å². The fraction of sp³-hybridized carbons (Fsp3) is 0.0500. The van der Waals surface area contributed by atoms with Crippen LogP contribution in [0.5, 0.6) is 11.5 Å². The fourth-order valence-corrected chi connectivity index (χ4v) is 2.47. The first kappa shape index (κ1) is 19.7. The van der Waals surface area contributed by atoms with E-state index in [1.807, 2.05) is 0 Å². The van der Waals surface area contributed by atoms with Crippen LogP contribution in [0.4, 0.5) is 8.78 Å². The van der Waals surface area contributed by atoms with E-state index in [0.29, 0.717) is 5.56 Å². The van der Waals surface area contributed by atoms with Crippen molar-refractivity contribution in [1.29, 1.82) is 0 Å². The van der Waals surface area contributed by atoms with Crippen LogP contribution in [0.3, 0.4) is 0 Å². The molecule has 0 unspecified atom stereocenters. The molecule has 0 saturated carbocycles. The Kier molecular flexibility index (Phi) is 5.40. The highest BCUT2D eigenvalue weighted by molar-refractivity contribution is 5.99. The molecule has 1 amide bonds. The van der Waals surface area contributed by atoms with Gasteiger partial charge in [-0.25, -0.2) is 18.3 Å². The van der Waals surface area contributed by atoms with Gasteiger partial charge in [0.15, 0.2) is 11.6 Å². The lowest BCUT2D eigenvalue weighted by Gasteiger charge is -2.13. The molecule has 0 aliphatic rings. The number of halogens is 2. The number of amides is 1. The molecule has 0 saturated heterocycles. The number of aromatic nitrogens is 2. The number of carbonyl (C=O) groups is 2. The van der Waals surface area contributed by atoms with Crippen LogP contribution >= 0.6 is 0 Å². The molecule has 2 N–H and O–H groups in total. The average molecular weight is 399 g/mol.